The molecule has 0 saturated carbocycles. The van der Waals surface area contributed by atoms with Crippen molar-refractivity contribution < 1.29 is 4.79 Å². The van der Waals surface area contributed by atoms with Gasteiger partial charge in [0, 0.05) is 13.1 Å². The normalized spacial score (nSPS) is 12.2. The van der Waals surface area contributed by atoms with Crippen molar-refractivity contribution in [2.75, 3.05) is 20.1 Å². The third-order valence-electron chi connectivity index (χ3n) is 3.13. The lowest BCUT2D eigenvalue weighted by molar-refractivity contribution is -0.122. The molecule has 0 radical (unpaired) electrons. The number of rotatable bonds is 8. The van der Waals surface area contributed by atoms with Crippen molar-refractivity contribution in [1.29, 1.82) is 0 Å². The predicted molar refractivity (Wildman–Crippen MR) is 86.4 cm³/mol. The average Bonchev–Trinajstić information content (AvgIpc) is 2.43. The van der Waals surface area contributed by atoms with E-state index in [1.54, 1.807) is 6.92 Å². The Labute approximate surface area is 126 Å². The molecule has 0 fully saturated rings. The summed E-state index contributed by atoms with van der Waals surface area (Å²) in [6.45, 7) is 4.21. The first-order valence-electron chi connectivity index (χ1n) is 6.80. The van der Waals surface area contributed by atoms with Gasteiger partial charge < -0.3 is 16.0 Å². The summed E-state index contributed by atoms with van der Waals surface area (Å²) in [4.78, 5) is 14.1. The molecule has 0 spiro atoms. The Morgan fingerprint density at radius 2 is 2.05 bits per heavy atom. The highest BCUT2D eigenvalue weighted by Gasteiger charge is 2.14. The summed E-state index contributed by atoms with van der Waals surface area (Å²) in [6.07, 6.45) is 0.902. The van der Waals surface area contributed by atoms with Gasteiger partial charge in [-0.3, -0.25) is 4.79 Å². The maximum Gasteiger partial charge on any atom is 0.229 e. The number of benzene rings is 1. The molecule has 0 bridgehead atoms. The number of nitrogens with zero attached hydrogens (tertiary/aromatic N) is 1. The van der Waals surface area contributed by atoms with Crippen LogP contribution in [0.15, 0.2) is 30.3 Å². The van der Waals surface area contributed by atoms with Crippen molar-refractivity contribution in [3.63, 3.8) is 0 Å². The van der Waals surface area contributed by atoms with Crippen LogP contribution in [0.3, 0.4) is 0 Å². The van der Waals surface area contributed by atoms with E-state index in [9.17, 15) is 4.79 Å². The summed E-state index contributed by atoms with van der Waals surface area (Å²) in [5.74, 6) is -0.490. The molecule has 0 saturated heterocycles. The molecular formula is C15H23N3OS. The number of thiocarbonyl (C=S) groups is 1. The zero-order chi connectivity index (χ0) is 15.0. The molecule has 5 heteroatoms. The number of nitrogens with one attached hydrogen (secondary N) is 1. The highest BCUT2D eigenvalue weighted by Crippen LogP contribution is 2.02. The van der Waals surface area contributed by atoms with Gasteiger partial charge >= 0.3 is 0 Å². The highest BCUT2D eigenvalue weighted by molar-refractivity contribution is 7.80. The van der Waals surface area contributed by atoms with Crippen LogP contribution in [0.5, 0.6) is 0 Å². The lowest BCUT2D eigenvalue weighted by Crippen LogP contribution is -2.37. The van der Waals surface area contributed by atoms with Crippen LogP contribution in [-0.2, 0) is 11.3 Å². The van der Waals surface area contributed by atoms with Gasteiger partial charge in [-0.25, -0.2) is 0 Å². The Bertz CT molecular complexity index is 436. The standard InChI is InChI=1S/C15H23N3OS/c1-12(14(16)20)15(19)17-9-6-10-18(2)11-13-7-4-3-5-8-13/h3-5,7-8,12H,6,9-11H2,1-2H3,(H2,16,20)(H,17,19). The summed E-state index contributed by atoms with van der Waals surface area (Å²) in [5.41, 5.74) is 6.73. The molecule has 1 rings (SSSR count). The Balaban J connectivity index is 2.18. The molecule has 3 N–H and O–H groups in total. The Kier molecular flexibility index (Phi) is 7.18. The molecule has 1 atom stereocenters. The van der Waals surface area contributed by atoms with E-state index in [-0.39, 0.29) is 10.9 Å². The van der Waals surface area contributed by atoms with E-state index in [4.69, 9.17) is 18.0 Å². The van der Waals surface area contributed by atoms with Crippen LogP contribution in [0.25, 0.3) is 0 Å². The van der Waals surface area contributed by atoms with E-state index in [0.717, 1.165) is 19.5 Å². The first kappa shape index (κ1) is 16.6. The van der Waals surface area contributed by atoms with Gasteiger partial charge in [-0.15, -0.1) is 0 Å². The van der Waals surface area contributed by atoms with E-state index in [2.05, 4.69) is 29.4 Å². The topological polar surface area (TPSA) is 58.4 Å². The summed E-state index contributed by atoms with van der Waals surface area (Å²) < 4.78 is 0. The van der Waals surface area contributed by atoms with Crippen LogP contribution in [0, 0.1) is 5.92 Å². The quantitative estimate of drug-likeness (QED) is 0.564. The highest BCUT2D eigenvalue weighted by atomic mass is 32.1. The van der Waals surface area contributed by atoms with Crippen LogP contribution in [-0.4, -0.2) is 35.9 Å². The zero-order valence-corrected chi connectivity index (χ0v) is 13.0. The molecule has 1 unspecified atom stereocenters. The molecule has 0 aromatic heterocycles. The minimum atomic E-state index is -0.396. The number of hydrogen-bond acceptors (Lipinski definition) is 3. The SMILES string of the molecule is CC(C(=O)NCCCN(C)Cc1ccccc1)C(N)=S. The van der Waals surface area contributed by atoms with E-state index < -0.39 is 5.92 Å². The lowest BCUT2D eigenvalue weighted by atomic mass is 10.1. The van der Waals surface area contributed by atoms with Crippen molar-refractivity contribution >= 4 is 23.1 Å². The summed E-state index contributed by atoms with van der Waals surface area (Å²) in [5, 5.41) is 2.85. The second kappa shape index (κ2) is 8.66. The molecule has 110 valence electrons. The largest absolute Gasteiger partial charge is 0.393 e. The predicted octanol–water partition coefficient (Wildman–Crippen LogP) is 1.55. The van der Waals surface area contributed by atoms with Crippen LogP contribution in [0.1, 0.15) is 18.9 Å². The summed E-state index contributed by atoms with van der Waals surface area (Å²) >= 11 is 4.80. The minimum absolute atomic E-state index is 0.0942. The van der Waals surface area contributed by atoms with Gasteiger partial charge in [0.05, 0.1) is 10.9 Å². The Morgan fingerprint density at radius 3 is 2.65 bits per heavy atom. The van der Waals surface area contributed by atoms with Crippen LogP contribution < -0.4 is 11.1 Å². The van der Waals surface area contributed by atoms with Gasteiger partial charge in [0.15, 0.2) is 0 Å². The van der Waals surface area contributed by atoms with Gasteiger partial charge in [0.25, 0.3) is 0 Å². The van der Waals surface area contributed by atoms with Crippen molar-refractivity contribution in [3.8, 4) is 0 Å². The molecule has 4 nitrogen and oxygen atoms in total. The van der Waals surface area contributed by atoms with E-state index in [0.29, 0.717) is 6.54 Å². The molecular weight excluding hydrogens is 270 g/mol. The number of carbonyl (C=O) groups is 1. The third-order valence-corrected chi connectivity index (χ3v) is 3.48. The molecule has 1 aromatic carbocycles. The Morgan fingerprint density at radius 1 is 1.40 bits per heavy atom. The Hall–Kier alpha value is -1.46. The molecule has 0 aliphatic carbocycles. The van der Waals surface area contributed by atoms with Crippen molar-refractivity contribution in [2.45, 2.75) is 19.9 Å². The average molecular weight is 293 g/mol. The van der Waals surface area contributed by atoms with E-state index in [1.165, 1.54) is 5.56 Å². The van der Waals surface area contributed by atoms with Crippen LogP contribution in [0.4, 0.5) is 0 Å². The monoisotopic (exact) mass is 293 g/mol. The molecule has 0 heterocycles. The minimum Gasteiger partial charge on any atom is -0.393 e. The third kappa shape index (κ3) is 6.12. The van der Waals surface area contributed by atoms with E-state index >= 15 is 0 Å². The molecule has 1 aromatic rings. The molecule has 0 aliphatic rings. The fraction of sp³-hybridized carbons (Fsp3) is 0.467. The fourth-order valence-electron chi connectivity index (χ4n) is 1.82. The zero-order valence-electron chi connectivity index (χ0n) is 12.1. The lowest BCUT2D eigenvalue weighted by Gasteiger charge is -2.17. The smallest absolute Gasteiger partial charge is 0.229 e. The van der Waals surface area contributed by atoms with Crippen molar-refractivity contribution in [1.82, 2.24) is 10.2 Å². The summed E-state index contributed by atoms with van der Waals surface area (Å²) in [6, 6.07) is 10.3. The van der Waals surface area contributed by atoms with Gasteiger partial charge in [-0.05, 0) is 32.5 Å². The number of nitrogens with two attached hydrogens (primary N) is 1. The molecule has 1 amide bonds. The van der Waals surface area contributed by atoms with Crippen molar-refractivity contribution in [3.05, 3.63) is 35.9 Å². The number of hydrogen-bond donors (Lipinski definition) is 2. The van der Waals surface area contributed by atoms with Crippen LogP contribution >= 0.6 is 12.2 Å². The second-order valence-corrected chi connectivity index (χ2v) is 5.46. The van der Waals surface area contributed by atoms with Crippen LogP contribution in [0.2, 0.25) is 0 Å². The number of carbonyl (C=O) groups excluding carboxylic acids is 1. The van der Waals surface area contributed by atoms with Gasteiger partial charge in [-0.2, -0.15) is 0 Å². The first-order valence-corrected chi connectivity index (χ1v) is 7.21. The van der Waals surface area contributed by atoms with Crippen molar-refractivity contribution in [2.24, 2.45) is 11.7 Å². The van der Waals surface area contributed by atoms with Gasteiger partial charge in [0.2, 0.25) is 5.91 Å². The maximum atomic E-state index is 11.6. The van der Waals surface area contributed by atoms with Gasteiger partial charge in [-0.1, -0.05) is 42.5 Å². The number of amides is 1. The fourth-order valence-corrected chi connectivity index (χ4v) is 1.92. The second-order valence-electron chi connectivity index (χ2n) is 4.99. The molecule has 20 heavy (non-hydrogen) atoms. The van der Waals surface area contributed by atoms with E-state index in [1.807, 2.05) is 18.2 Å². The summed E-state index contributed by atoms with van der Waals surface area (Å²) in [7, 11) is 2.08. The van der Waals surface area contributed by atoms with Gasteiger partial charge in [0.1, 0.15) is 0 Å². The maximum absolute atomic E-state index is 11.6. The first-order chi connectivity index (χ1) is 9.50. The molecule has 0 aliphatic heterocycles.